The van der Waals surface area contributed by atoms with Crippen LogP contribution < -0.4 is 4.74 Å². The van der Waals surface area contributed by atoms with E-state index in [2.05, 4.69) is 21.0 Å². The Morgan fingerprint density at radius 1 is 1.23 bits per heavy atom. The molecule has 0 radical (unpaired) electrons. The number of carbonyl (C=O) groups is 1. The Bertz CT molecular complexity index is 971. The molecule has 0 saturated heterocycles. The molecule has 0 aliphatic rings. The van der Waals surface area contributed by atoms with Crippen molar-refractivity contribution in [2.75, 3.05) is 7.11 Å². The van der Waals surface area contributed by atoms with Gasteiger partial charge in [0.25, 0.3) is 0 Å². The molecular formula is C18H13BrCl2N2O3. The number of benzene rings is 2. The topological polar surface area (TPSA) is 64.3 Å². The molecule has 0 saturated carbocycles. The zero-order chi connectivity index (χ0) is 18.8. The van der Waals surface area contributed by atoms with Crippen LogP contribution in [-0.2, 0) is 5.33 Å². The van der Waals surface area contributed by atoms with Crippen LogP contribution in [0.25, 0.3) is 16.9 Å². The predicted molar refractivity (Wildman–Crippen MR) is 105 cm³/mol. The molecule has 1 heterocycles. The van der Waals surface area contributed by atoms with Crippen LogP contribution in [0, 0.1) is 0 Å². The van der Waals surface area contributed by atoms with Crippen LogP contribution in [0.3, 0.4) is 0 Å². The fourth-order valence-corrected chi connectivity index (χ4v) is 3.64. The second-order valence-corrected chi connectivity index (χ2v) is 6.75. The lowest BCUT2D eigenvalue weighted by atomic mass is 10.1. The Morgan fingerprint density at radius 2 is 1.92 bits per heavy atom. The number of carboxylic acids is 1. The number of methoxy groups -OCH3 is 1. The minimum absolute atomic E-state index is 0.0429. The van der Waals surface area contributed by atoms with E-state index in [0.29, 0.717) is 38.1 Å². The number of carboxylic acid groups (broad SMARTS) is 1. The third kappa shape index (κ3) is 3.45. The Hall–Kier alpha value is -2.02. The fourth-order valence-electron chi connectivity index (χ4n) is 2.62. The van der Waals surface area contributed by atoms with E-state index in [1.54, 1.807) is 37.4 Å². The van der Waals surface area contributed by atoms with E-state index in [-0.39, 0.29) is 5.69 Å². The molecular weight excluding hydrogens is 443 g/mol. The lowest BCUT2D eigenvalue weighted by Crippen LogP contribution is -2.03. The number of aromatic nitrogens is 2. The van der Waals surface area contributed by atoms with E-state index in [1.165, 1.54) is 4.68 Å². The number of aromatic carboxylic acids is 1. The van der Waals surface area contributed by atoms with Crippen LogP contribution >= 0.6 is 39.1 Å². The van der Waals surface area contributed by atoms with Crippen LogP contribution in [0.5, 0.6) is 5.75 Å². The monoisotopic (exact) mass is 454 g/mol. The molecule has 0 bridgehead atoms. The summed E-state index contributed by atoms with van der Waals surface area (Å²) in [6.45, 7) is 0. The standard InChI is InChI=1S/C18H13BrCl2N2O3/c1-26-12-5-2-10(3-6-12)17-13(9-19)16(18(24)25)22-23(17)15-7-4-11(20)8-14(15)21/h2-8H,9H2,1H3,(H,24,25). The summed E-state index contributed by atoms with van der Waals surface area (Å²) >= 11 is 15.7. The SMILES string of the molecule is COc1ccc(-c2c(CBr)c(C(=O)O)nn2-c2ccc(Cl)cc2Cl)cc1. The number of alkyl halides is 1. The molecule has 0 spiro atoms. The molecule has 0 aliphatic heterocycles. The normalized spacial score (nSPS) is 10.8. The van der Waals surface area contributed by atoms with E-state index in [1.807, 2.05) is 12.1 Å². The maximum absolute atomic E-state index is 11.7. The molecule has 5 nitrogen and oxygen atoms in total. The first-order valence-corrected chi connectivity index (χ1v) is 9.35. The van der Waals surface area contributed by atoms with Gasteiger partial charge < -0.3 is 9.84 Å². The summed E-state index contributed by atoms with van der Waals surface area (Å²) in [5, 5.41) is 15.0. The van der Waals surface area contributed by atoms with Gasteiger partial charge in [-0.15, -0.1) is 0 Å². The van der Waals surface area contributed by atoms with Gasteiger partial charge in [-0.1, -0.05) is 39.1 Å². The fraction of sp³-hybridized carbons (Fsp3) is 0.111. The molecule has 3 rings (SSSR count). The number of nitrogens with zero attached hydrogens (tertiary/aromatic N) is 2. The summed E-state index contributed by atoms with van der Waals surface area (Å²) < 4.78 is 6.72. The lowest BCUT2D eigenvalue weighted by molar-refractivity contribution is 0.0689. The van der Waals surface area contributed by atoms with Gasteiger partial charge in [-0.25, -0.2) is 9.48 Å². The first-order chi connectivity index (χ1) is 12.5. The van der Waals surface area contributed by atoms with E-state index < -0.39 is 5.97 Å². The highest BCUT2D eigenvalue weighted by Crippen LogP contribution is 2.34. The highest BCUT2D eigenvalue weighted by atomic mass is 79.9. The summed E-state index contributed by atoms with van der Waals surface area (Å²) in [4.78, 5) is 11.7. The molecule has 0 unspecified atom stereocenters. The minimum atomic E-state index is -1.11. The van der Waals surface area contributed by atoms with Gasteiger partial charge in [-0.3, -0.25) is 0 Å². The van der Waals surface area contributed by atoms with Gasteiger partial charge in [0.15, 0.2) is 5.69 Å². The Kier molecular flexibility index (Phi) is 5.55. The average Bonchev–Trinajstić information content (AvgIpc) is 3.01. The third-order valence-corrected chi connectivity index (χ3v) is 4.92. The number of hydrogen-bond donors (Lipinski definition) is 1. The maximum Gasteiger partial charge on any atom is 0.356 e. The zero-order valence-electron chi connectivity index (χ0n) is 13.5. The van der Waals surface area contributed by atoms with Crippen molar-refractivity contribution in [1.82, 2.24) is 9.78 Å². The number of rotatable bonds is 5. The largest absolute Gasteiger partial charge is 0.497 e. The van der Waals surface area contributed by atoms with Crippen molar-refractivity contribution in [2.45, 2.75) is 5.33 Å². The molecule has 26 heavy (non-hydrogen) atoms. The van der Waals surface area contributed by atoms with Crippen LogP contribution in [0.15, 0.2) is 42.5 Å². The van der Waals surface area contributed by atoms with Crippen molar-refractivity contribution in [3.63, 3.8) is 0 Å². The van der Waals surface area contributed by atoms with Gasteiger partial charge >= 0.3 is 5.97 Å². The molecule has 1 aromatic heterocycles. The molecule has 0 amide bonds. The third-order valence-electron chi connectivity index (χ3n) is 3.82. The molecule has 0 aliphatic carbocycles. The molecule has 0 atom stereocenters. The Morgan fingerprint density at radius 3 is 2.46 bits per heavy atom. The quantitative estimate of drug-likeness (QED) is 0.519. The highest BCUT2D eigenvalue weighted by molar-refractivity contribution is 9.08. The van der Waals surface area contributed by atoms with Crippen molar-refractivity contribution >= 4 is 45.1 Å². The smallest absolute Gasteiger partial charge is 0.356 e. The number of halogens is 3. The van der Waals surface area contributed by atoms with E-state index in [0.717, 1.165) is 5.56 Å². The van der Waals surface area contributed by atoms with E-state index in [4.69, 9.17) is 27.9 Å². The molecule has 1 N–H and O–H groups in total. The van der Waals surface area contributed by atoms with Gasteiger partial charge in [0.2, 0.25) is 0 Å². The molecule has 134 valence electrons. The lowest BCUT2D eigenvalue weighted by Gasteiger charge is -2.11. The number of hydrogen-bond acceptors (Lipinski definition) is 3. The highest BCUT2D eigenvalue weighted by Gasteiger charge is 2.24. The van der Waals surface area contributed by atoms with Gasteiger partial charge in [-0.05, 0) is 42.5 Å². The van der Waals surface area contributed by atoms with E-state index in [9.17, 15) is 9.90 Å². The summed E-state index contributed by atoms with van der Waals surface area (Å²) in [6.07, 6.45) is 0. The first-order valence-electron chi connectivity index (χ1n) is 7.47. The van der Waals surface area contributed by atoms with Crippen molar-refractivity contribution in [1.29, 1.82) is 0 Å². The number of ether oxygens (including phenoxy) is 1. The maximum atomic E-state index is 11.7. The summed E-state index contributed by atoms with van der Waals surface area (Å²) in [5.41, 5.74) is 2.46. The Balaban J connectivity index is 2.30. The van der Waals surface area contributed by atoms with Crippen LogP contribution in [0.1, 0.15) is 16.1 Å². The second kappa shape index (κ2) is 7.70. The Labute approximate surface area is 168 Å². The van der Waals surface area contributed by atoms with Crippen molar-refractivity contribution in [3.05, 3.63) is 63.8 Å². The van der Waals surface area contributed by atoms with Crippen LogP contribution in [0.4, 0.5) is 0 Å². The molecule has 8 heteroatoms. The van der Waals surface area contributed by atoms with Crippen molar-refractivity contribution in [2.24, 2.45) is 0 Å². The average molecular weight is 456 g/mol. The molecule has 2 aromatic carbocycles. The summed E-state index contributed by atoms with van der Waals surface area (Å²) in [6, 6.07) is 12.3. The van der Waals surface area contributed by atoms with Crippen molar-refractivity contribution < 1.29 is 14.6 Å². The zero-order valence-corrected chi connectivity index (χ0v) is 16.6. The van der Waals surface area contributed by atoms with Crippen molar-refractivity contribution in [3.8, 4) is 22.7 Å². The summed E-state index contributed by atoms with van der Waals surface area (Å²) in [7, 11) is 1.58. The van der Waals surface area contributed by atoms with Crippen LogP contribution in [-0.4, -0.2) is 28.0 Å². The van der Waals surface area contributed by atoms with Gasteiger partial charge in [0.1, 0.15) is 5.75 Å². The van der Waals surface area contributed by atoms with Crippen LogP contribution in [0.2, 0.25) is 10.0 Å². The van der Waals surface area contributed by atoms with Gasteiger partial charge in [0.05, 0.1) is 23.5 Å². The second-order valence-electron chi connectivity index (χ2n) is 5.35. The first kappa shape index (κ1) is 18.8. The summed E-state index contributed by atoms with van der Waals surface area (Å²) in [5.74, 6) is -0.416. The minimum Gasteiger partial charge on any atom is -0.497 e. The predicted octanol–water partition coefficient (Wildman–Crippen LogP) is 5.45. The van der Waals surface area contributed by atoms with Gasteiger partial charge in [0, 0.05) is 21.5 Å². The molecule has 0 fully saturated rings. The van der Waals surface area contributed by atoms with E-state index >= 15 is 0 Å². The molecule has 3 aromatic rings. The van der Waals surface area contributed by atoms with Gasteiger partial charge in [-0.2, -0.15) is 5.10 Å².